The highest BCUT2D eigenvalue weighted by Gasteiger charge is 2.42. The van der Waals surface area contributed by atoms with Crippen molar-refractivity contribution in [1.29, 1.82) is 0 Å². The molecule has 1 fully saturated rings. The lowest BCUT2D eigenvalue weighted by molar-refractivity contribution is -0.0944. The van der Waals surface area contributed by atoms with Crippen molar-refractivity contribution < 1.29 is 28.8 Å². The Balaban J connectivity index is 1.09. The molecule has 5 aromatic carbocycles. The Morgan fingerprint density at radius 2 is 1.42 bits per heavy atom. The molecule has 7 rings (SSSR count). The molecule has 0 unspecified atom stereocenters. The number of methoxy groups -OCH3 is 2. The Kier molecular flexibility index (Phi) is 9.99. The number of aliphatic hydroxyl groups is 1. The van der Waals surface area contributed by atoms with Gasteiger partial charge in [0.15, 0.2) is 0 Å². The highest BCUT2D eigenvalue weighted by Crippen LogP contribution is 2.42. The van der Waals surface area contributed by atoms with E-state index in [1.54, 1.807) is 20.3 Å². The molecule has 52 heavy (non-hydrogen) atoms. The zero-order valence-corrected chi connectivity index (χ0v) is 28.6. The summed E-state index contributed by atoms with van der Waals surface area (Å²) in [5.74, 6) is 1.47. The Morgan fingerprint density at radius 1 is 0.808 bits per heavy atom. The van der Waals surface area contributed by atoms with Gasteiger partial charge in [-0.2, -0.15) is 4.98 Å². The Morgan fingerprint density at radius 3 is 2.06 bits per heavy atom. The van der Waals surface area contributed by atoms with E-state index in [-0.39, 0.29) is 18.8 Å². The van der Waals surface area contributed by atoms with Crippen LogP contribution in [0.1, 0.15) is 29.3 Å². The van der Waals surface area contributed by atoms with Gasteiger partial charge in [0, 0.05) is 18.3 Å². The van der Waals surface area contributed by atoms with Gasteiger partial charge >= 0.3 is 11.7 Å². The molecule has 3 N–H and O–H groups in total. The van der Waals surface area contributed by atoms with Crippen LogP contribution in [-0.2, 0) is 15.1 Å². The summed E-state index contributed by atoms with van der Waals surface area (Å²) in [6.07, 6.45) is -0.902. The minimum Gasteiger partial charge on any atom is -0.497 e. The van der Waals surface area contributed by atoms with Gasteiger partial charge in [0.25, 0.3) is 0 Å². The lowest BCUT2D eigenvalue weighted by Crippen LogP contribution is -2.38. The molecule has 1 aliphatic heterocycles. The van der Waals surface area contributed by atoms with E-state index < -0.39 is 35.8 Å². The molecule has 0 radical (unpaired) electrons. The van der Waals surface area contributed by atoms with Gasteiger partial charge in [-0.25, -0.2) is 9.59 Å². The maximum atomic E-state index is 13.2. The third kappa shape index (κ3) is 7.10. The number of ether oxygens (including phenoxy) is 4. The minimum absolute atomic E-state index is 0.0125. The van der Waals surface area contributed by atoms with Gasteiger partial charge in [-0.05, 0) is 69.9 Å². The van der Waals surface area contributed by atoms with Crippen LogP contribution >= 0.6 is 0 Å². The quantitative estimate of drug-likeness (QED) is 0.127. The van der Waals surface area contributed by atoms with E-state index in [9.17, 15) is 14.7 Å². The summed E-state index contributed by atoms with van der Waals surface area (Å²) in [4.78, 5) is 29.9. The zero-order chi connectivity index (χ0) is 36.1. The standard InChI is InChI=1S/C41H38N4O7/c1-49-33-18-13-30(14-19-33)41(29-10-4-3-5-11-29,31-15-20-34(50-2)21-16-31)51-26-36-35(46)25-38(52-36)45-23-22-37(44-40(45)48)43-39(47)42-32-17-12-27-8-6-7-9-28(27)24-32/h3-24,35-36,38,46H,25-26H2,1-2H3,(H2,42,43,44,47,48)/t35-,36-,38-/m1/s1. The summed E-state index contributed by atoms with van der Waals surface area (Å²) < 4.78 is 25.4. The van der Waals surface area contributed by atoms with Gasteiger partial charge in [-0.3, -0.25) is 9.88 Å². The monoisotopic (exact) mass is 698 g/mol. The van der Waals surface area contributed by atoms with Crippen molar-refractivity contribution >= 4 is 28.3 Å². The first-order valence-corrected chi connectivity index (χ1v) is 16.8. The fraction of sp³-hybridized carbons (Fsp3) is 0.195. The molecule has 1 aromatic heterocycles. The number of urea groups is 1. The highest BCUT2D eigenvalue weighted by atomic mass is 16.6. The van der Waals surface area contributed by atoms with Crippen molar-refractivity contribution in [3.8, 4) is 11.5 Å². The van der Waals surface area contributed by atoms with Crippen LogP contribution in [0.2, 0.25) is 0 Å². The van der Waals surface area contributed by atoms with Crippen LogP contribution in [0.15, 0.2) is 138 Å². The maximum Gasteiger partial charge on any atom is 0.351 e. The van der Waals surface area contributed by atoms with Gasteiger partial charge in [-0.1, -0.05) is 84.9 Å². The summed E-state index contributed by atoms with van der Waals surface area (Å²) in [5.41, 5.74) is 1.38. The normalized spacial score (nSPS) is 17.1. The smallest absolute Gasteiger partial charge is 0.351 e. The molecule has 3 atom stereocenters. The Hall–Kier alpha value is -6.01. The second-order valence-corrected chi connectivity index (χ2v) is 12.4. The number of nitrogens with zero attached hydrogens (tertiary/aromatic N) is 2. The van der Waals surface area contributed by atoms with Crippen molar-refractivity contribution in [3.63, 3.8) is 0 Å². The molecule has 264 valence electrons. The highest BCUT2D eigenvalue weighted by molar-refractivity contribution is 6.00. The number of hydrogen-bond acceptors (Lipinski definition) is 8. The third-order valence-electron chi connectivity index (χ3n) is 9.23. The summed E-state index contributed by atoms with van der Waals surface area (Å²) in [7, 11) is 3.23. The van der Waals surface area contributed by atoms with Crippen LogP contribution in [0.25, 0.3) is 10.8 Å². The number of hydrogen-bond donors (Lipinski definition) is 3. The number of carbonyl (C=O) groups excluding carboxylic acids is 1. The molecule has 1 aliphatic rings. The number of nitrogens with one attached hydrogen (secondary N) is 2. The summed E-state index contributed by atoms with van der Waals surface area (Å²) in [6, 6.07) is 39.5. The van der Waals surface area contributed by atoms with Crippen molar-refractivity contribution in [2.24, 2.45) is 0 Å². The number of amides is 2. The average Bonchev–Trinajstić information content (AvgIpc) is 3.55. The molecular weight excluding hydrogens is 660 g/mol. The summed E-state index contributed by atoms with van der Waals surface area (Å²) in [5, 5.41) is 18.6. The fourth-order valence-corrected chi connectivity index (χ4v) is 6.56. The molecule has 2 amide bonds. The molecule has 0 bridgehead atoms. The van der Waals surface area contributed by atoms with Crippen molar-refractivity contribution in [1.82, 2.24) is 9.55 Å². The first-order valence-electron chi connectivity index (χ1n) is 16.8. The number of rotatable bonds is 11. The lowest BCUT2D eigenvalue weighted by Gasteiger charge is -2.37. The van der Waals surface area contributed by atoms with E-state index in [4.69, 9.17) is 18.9 Å². The maximum absolute atomic E-state index is 13.2. The summed E-state index contributed by atoms with van der Waals surface area (Å²) in [6.45, 7) is -0.0125. The molecule has 11 nitrogen and oxygen atoms in total. The van der Waals surface area contributed by atoms with Gasteiger partial charge in [-0.15, -0.1) is 0 Å². The molecule has 11 heteroatoms. The largest absolute Gasteiger partial charge is 0.497 e. The molecular formula is C41H38N4O7. The predicted octanol–water partition coefficient (Wildman–Crippen LogP) is 6.71. The topological polar surface area (TPSA) is 133 Å². The van der Waals surface area contributed by atoms with Crippen LogP contribution in [0.4, 0.5) is 16.3 Å². The number of anilines is 2. The molecule has 1 saturated heterocycles. The van der Waals surface area contributed by atoms with Gasteiger partial charge in [0.2, 0.25) is 0 Å². The first kappa shape index (κ1) is 34.4. The third-order valence-corrected chi connectivity index (χ3v) is 9.23. The van der Waals surface area contributed by atoms with Crippen LogP contribution < -0.4 is 25.8 Å². The molecule has 0 saturated carbocycles. The SMILES string of the molecule is COc1ccc(C(OC[C@H]2O[C@@H](n3ccc(NC(=O)Nc4ccc5ccccc5c4)nc3=O)C[C@H]2O)(c2ccccc2)c2ccc(OC)cc2)cc1. The van der Waals surface area contributed by atoms with E-state index >= 15 is 0 Å². The van der Waals surface area contributed by atoms with Gasteiger partial charge < -0.3 is 29.4 Å². The average molecular weight is 699 g/mol. The number of carbonyl (C=O) groups is 1. The molecule has 0 spiro atoms. The number of fused-ring (bicyclic) bond motifs is 1. The van der Waals surface area contributed by atoms with Crippen LogP contribution in [0, 0.1) is 0 Å². The second-order valence-electron chi connectivity index (χ2n) is 12.4. The van der Waals surface area contributed by atoms with Crippen molar-refractivity contribution in [2.75, 3.05) is 31.5 Å². The van der Waals surface area contributed by atoms with E-state index in [2.05, 4.69) is 15.6 Å². The van der Waals surface area contributed by atoms with E-state index in [0.29, 0.717) is 17.2 Å². The van der Waals surface area contributed by atoms with Gasteiger partial charge in [0.05, 0.1) is 26.9 Å². The van der Waals surface area contributed by atoms with Crippen molar-refractivity contribution in [2.45, 2.75) is 30.5 Å². The zero-order valence-electron chi connectivity index (χ0n) is 28.6. The van der Waals surface area contributed by atoms with E-state index in [0.717, 1.165) is 27.5 Å². The first-order chi connectivity index (χ1) is 25.4. The van der Waals surface area contributed by atoms with Crippen LogP contribution in [0.3, 0.4) is 0 Å². The molecule has 6 aromatic rings. The second kappa shape index (κ2) is 15.1. The Labute approximate surface area is 300 Å². The molecule has 2 heterocycles. The fourth-order valence-electron chi connectivity index (χ4n) is 6.56. The summed E-state index contributed by atoms with van der Waals surface area (Å²) >= 11 is 0. The van der Waals surface area contributed by atoms with E-state index in [1.807, 2.05) is 115 Å². The van der Waals surface area contributed by atoms with Gasteiger partial charge in [0.1, 0.15) is 35.2 Å². The molecule has 0 aliphatic carbocycles. The number of aliphatic hydroxyl groups excluding tert-OH is 1. The Bertz CT molecular complexity index is 2160. The van der Waals surface area contributed by atoms with E-state index in [1.165, 1.54) is 16.8 Å². The van der Waals surface area contributed by atoms with Crippen molar-refractivity contribution in [3.05, 3.63) is 161 Å². The number of aromatic nitrogens is 2. The predicted molar refractivity (Wildman–Crippen MR) is 198 cm³/mol. The number of benzene rings is 5. The van der Waals surface area contributed by atoms with Crippen LogP contribution in [-0.4, -0.2) is 53.7 Å². The minimum atomic E-state index is -1.11. The lowest BCUT2D eigenvalue weighted by atomic mass is 9.80. The van der Waals surface area contributed by atoms with Crippen LogP contribution in [0.5, 0.6) is 11.5 Å².